The standard InChI is InChI=1S/C21H24FN3O2/c1-25(11-13-27-15-14-26-12-10-22)21-9-7-18(16-23-21)20-8-6-17-4-2-3-5-19(17)24-20/h2-9,16H,10-15H2,1H3. The van der Waals surface area contributed by atoms with Gasteiger partial charge in [-0.25, -0.2) is 14.4 Å². The number of aromatic nitrogens is 2. The lowest BCUT2D eigenvalue weighted by Gasteiger charge is -2.18. The van der Waals surface area contributed by atoms with Gasteiger partial charge in [0.25, 0.3) is 0 Å². The van der Waals surface area contributed by atoms with Crippen molar-refractivity contribution in [3.05, 3.63) is 54.7 Å². The Bertz CT molecular complexity index is 842. The normalized spacial score (nSPS) is 11.0. The average molecular weight is 369 g/mol. The molecule has 1 aromatic carbocycles. The van der Waals surface area contributed by atoms with Gasteiger partial charge in [-0.05, 0) is 24.3 Å². The molecule has 0 saturated carbocycles. The van der Waals surface area contributed by atoms with Crippen LogP contribution in [0.4, 0.5) is 10.2 Å². The van der Waals surface area contributed by atoms with Crippen LogP contribution < -0.4 is 4.90 Å². The summed E-state index contributed by atoms with van der Waals surface area (Å²) in [6.07, 6.45) is 1.84. The van der Waals surface area contributed by atoms with E-state index in [0.29, 0.717) is 26.4 Å². The van der Waals surface area contributed by atoms with Crippen molar-refractivity contribution < 1.29 is 13.9 Å². The van der Waals surface area contributed by atoms with Crippen LogP contribution in [-0.2, 0) is 9.47 Å². The summed E-state index contributed by atoms with van der Waals surface area (Å²) in [5, 5.41) is 1.13. The maximum Gasteiger partial charge on any atom is 0.128 e. The fourth-order valence-electron chi connectivity index (χ4n) is 2.68. The van der Waals surface area contributed by atoms with Crippen LogP contribution in [-0.4, -0.2) is 56.7 Å². The van der Waals surface area contributed by atoms with E-state index in [1.54, 1.807) is 0 Å². The number of likely N-dealkylation sites (N-methyl/N-ethyl adjacent to an activating group) is 1. The number of benzene rings is 1. The van der Waals surface area contributed by atoms with Gasteiger partial charge in [0, 0.05) is 30.7 Å². The van der Waals surface area contributed by atoms with Crippen LogP contribution >= 0.6 is 0 Å². The molecule has 3 aromatic rings. The smallest absolute Gasteiger partial charge is 0.128 e. The van der Waals surface area contributed by atoms with Gasteiger partial charge in [0.2, 0.25) is 0 Å². The second kappa shape index (κ2) is 9.94. The number of rotatable bonds is 10. The Morgan fingerprint density at radius 3 is 2.52 bits per heavy atom. The van der Waals surface area contributed by atoms with Crippen molar-refractivity contribution in [2.24, 2.45) is 0 Å². The number of halogens is 1. The van der Waals surface area contributed by atoms with Gasteiger partial charge in [0.15, 0.2) is 0 Å². The highest BCUT2D eigenvalue weighted by Gasteiger charge is 2.05. The third kappa shape index (κ3) is 5.45. The van der Waals surface area contributed by atoms with Crippen LogP contribution in [0.15, 0.2) is 54.7 Å². The summed E-state index contributed by atoms with van der Waals surface area (Å²) in [6, 6.07) is 16.2. The number of hydrogen-bond donors (Lipinski definition) is 0. The average Bonchev–Trinajstić information content (AvgIpc) is 2.72. The van der Waals surface area contributed by atoms with Crippen molar-refractivity contribution in [1.29, 1.82) is 0 Å². The third-order valence-electron chi connectivity index (χ3n) is 4.20. The summed E-state index contributed by atoms with van der Waals surface area (Å²) in [5.41, 5.74) is 2.87. The number of nitrogens with zero attached hydrogens (tertiary/aromatic N) is 3. The van der Waals surface area contributed by atoms with Gasteiger partial charge in [-0.1, -0.05) is 24.3 Å². The van der Waals surface area contributed by atoms with E-state index in [9.17, 15) is 4.39 Å². The molecule has 0 amide bonds. The molecule has 0 aliphatic heterocycles. The molecule has 0 fully saturated rings. The molecule has 0 atom stereocenters. The Morgan fingerprint density at radius 2 is 1.74 bits per heavy atom. The summed E-state index contributed by atoms with van der Waals surface area (Å²) >= 11 is 0. The number of fused-ring (bicyclic) bond motifs is 1. The molecule has 0 saturated heterocycles. The van der Waals surface area contributed by atoms with Crippen LogP contribution in [0.5, 0.6) is 0 Å². The number of ether oxygens (including phenoxy) is 2. The van der Waals surface area contributed by atoms with Crippen LogP contribution in [0.2, 0.25) is 0 Å². The molecule has 0 aliphatic carbocycles. The Balaban J connectivity index is 1.53. The first-order valence-electron chi connectivity index (χ1n) is 9.03. The molecule has 0 bridgehead atoms. The van der Waals surface area contributed by atoms with Gasteiger partial charge in [0.1, 0.15) is 12.5 Å². The predicted octanol–water partition coefficient (Wildman–Crippen LogP) is 3.74. The molecule has 6 heteroatoms. The van der Waals surface area contributed by atoms with Crippen LogP contribution in [0.3, 0.4) is 0 Å². The zero-order chi connectivity index (χ0) is 18.9. The predicted molar refractivity (Wildman–Crippen MR) is 106 cm³/mol. The van der Waals surface area contributed by atoms with E-state index in [4.69, 9.17) is 14.5 Å². The molecule has 0 aliphatic rings. The Hall–Kier alpha value is -2.57. The lowest BCUT2D eigenvalue weighted by atomic mass is 10.1. The van der Waals surface area contributed by atoms with Crippen molar-refractivity contribution in [2.45, 2.75) is 0 Å². The first kappa shape index (κ1) is 19.2. The summed E-state index contributed by atoms with van der Waals surface area (Å²) in [7, 11) is 1.97. The van der Waals surface area contributed by atoms with Crippen molar-refractivity contribution in [3.8, 4) is 11.3 Å². The molecule has 27 heavy (non-hydrogen) atoms. The molecule has 0 unspecified atom stereocenters. The number of para-hydroxylation sites is 1. The van der Waals surface area contributed by atoms with E-state index in [-0.39, 0.29) is 6.61 Å². The van der Waals surface area contributed by atoms with Gasteiger partial charge >= 0.3 is 0 Å². The molecule has 0 radical (unpaired) electrons. The Labute approximate surface area is 158 Å². The van der Waals surface area contributed by atoms with Crippen molar-refractivity contribution in [3.63, 3.8) is 0 Å². The second-order valence-corrected chi connectivity index (χ2v) is 6.13. The first-order chi connectivity index (χ1) is 13.3. The third-order valence-corrected chi connectivity index (χ3v) is 4.20. The molecule has 3 rings (SSSR count). The van der Waals surface area contributed by atoms with E-state index in [1.807, 2.05) is 54.5 Å². The first-order valence-corrected chi connectivity index (χ1v) is 9.03. The highest BCUT2D eigenvalue weighted by Crippen LogP contribution is 2.21. The van der Waals surface area contributed by atoms with E-state index in [1.165, 1.54) is 0 Å². The number of hydrogen-bond acceptors (Lipinski definition) is 5. The molecule has 5 nitrogen and oxygen atoms in total. The lowest BCUT2D eigenvalue weighted by molar-refractivity contribution is 0.0453. The Kier molecular flexibility index (Phi) is 7.07. The van der Waals surface area contributed by atoms with Crippen LogP contribution in [0.1, 0.15) is 0 Å². The minimum atomic E-state index is -0.459. The minimum absolute atomic E-state index is 0.131. The largest absolute Gasteiger partial charge is 0.377 e. The fraction of sp³-hybridized carbons (Fsp3) is 0.333. The zero-order valence-electron chi connectivity index (χ0n) is 15.5. The summed E-state index contributed by atoms with van der Waals surface area (Å²) < 4.78 is 22.4. The SMILES string of the molecule is CN(CCOCCOCCF)c1ccc(-c2ccc3ccccc3n2)cn1. The van der Waals surface area contributed by atoms with Crippen LogP contribution in [0.25, 0.3) is 22.2 Å². The van der Waals surface area contributed by atoms with Crippen molar-refractivity contribution in [2.75, 3.05) is 51.6 Å². The lowest BCUT2D eigenvalue weighted by Crippen LogP contribution is -2.24. The van der Waals surface area contributed by atoms with Gasteiger partial charge in [-0.3, -0.25) is 0 Å². The highest BCUT2D eigenvalue weighted by atomic mass is 19.1. The van der Waals surface area contributed by atoms with Crippen LogP contribution in [0, 0.1) is 0 Å². The van der Waals surface area contributed by atoms with E-state index < -0.39 is 6.67 Å². The molecule has 142 valence electrons. The van der Waals surface area contributed by atoms with Crippen molar-refractivity contribution in [1.82, 2.24) is 9.97 Å². The number of alkyl halides is 1. The fourth-order valence-corrected chi connectivity index (χ4v) is 2.68. The van der Waals surface area contributed by atoms with Crippen molar-refractivity contribution >= 4 is 16.7 Å². The topological polar surface area (TPSA) is 47.5 Å². The van der Waals surface area contributed by atoms with Gasteiger partial charge in [0.05, 0.1) is 37.6 Å². The summed E-state index contributed by atoms with van der Waals surface area (Å²) in [4.78, 5) is 11.3. The van der Waals surface area contributed by atoms with E-state index >= 15 is 0 Å². The van der Waals surface area contributed by atoms with E-state index in [2.05, 4.69) is 17.1 Å². The molecule has 2 aromatic heterocycles. The molecular weight excluding hydrogens is 345 g/mol. The summed E-state index contributed by atoms with van der Waals surface area (Å²) in [6.45, 7) is 1.83. The minimum Gasteiger partial charge on any atom is -0.377 e. The number of pyridine rings is 2. The van der Waals surface area contributed by atoms with E-state index in [0.717, 1.165) is 28.0 Å². The molecule has 2 heterocycles. The van der Waals surface area contributed by atoms with Gasteiger partial charge < -0.3 is 14.4 Å². The number of anilines is 1. The maximum absolute atomic E-state index is 11.9. The molecule has 0 N–H and O–H groups in total. The highest BCUT2D eigenvalue weighted by molar-refractivity contribution is 5.81. The Morgan fingerprint density at radius 1 is 0.926 bits per heavy atom. The molecule has 0 spiro atoms. The monoisotopic (exact) mass is 369 g/mol. The molecular formula is C21H24FN3O2. The maximum atomic E-state index is 11.9. The quantitative estimate of drug-likeness (QED) is 0.510. The summed E-state index contributed by atoms with van der Waals surface area (Å²) in [5.74, 6) is 0.872. The van der Waals surface area contributed by atoms with Gasteiger partial charge in [-0.15, -0.1) is 0 Å². The second-order valence-electron chi connectivity index (χ2n) is 6.13. The van der Waals surface area contributed by atoms with Gasteiger partial charge in [-0.2, -0.15) is 0 Å². The zero-order valence-corrected chi connectivity index (χ0v) is 15.5.